The third-order valence-corrected chi connectivity index (χ3v) is 5.67. The Balaban J connectivity index is 1.36. The van der Waals surface area contributed by atoms with Crippen molar-refractivity contribution >= 4 is 46.5 Å². The molecule has 0 atom stereocenters. The van der Waals surface area contributed by atoms with Gasteiger partial charge in [-0.25, -0.2) is 4.79 Å². The maximum Gasteiger partial charge on any atom is 0.338 e. The average molecular weight is 578 g/mol. The molecule has 0 fully saturated rings. The standard InChI is InChI=1S/C28H23N3O11/c32-24(18-9-13-22(14-10-18)30(37)38)16-41-27(35)6-2-5-26(34)29-21-11-7-19(8-12-21)28(36)42-17-25(33)20-3-1-4-23(15-20)31(39)40/h1,3-4,7-15H,2,5-6,16-17H2,(H,29,34). The Hall–Kier alpha value is -5.79. The summed E-state index contributed by atoms with van der Waals surface area (Å²) >= 11 is 0. The maximum absolute atomic E-state index is 12.2. The summed E-state index contributed by atoms with van der Waals surface area (Å²) in [6, 6.07) is 15.5. The summed E-state index contributed by atoms with van der Waals surface area (Å²) < 4.78 is 9.88. The number of nitro groups is 2. The Morgan fingerprint density at radius 2 is 1.26 bits per heavy atom. The topological polar surface area (TPSA) is 202 Å². The number of carbonyl (C=O) groups excluding carboxylic acids is 5. The van der Waals surface area contributed by atoms with Gasteiger partial charge in [-0.2, -0.15) is 0 Å². The van der Waals surface area contributed by atoms with Crippen molar-refractivity contribution in [3.05, 3.63) is 110 Å². The summed E-state index contributed by atoms with van der Waals surface area (Å²) in [5.41, 5.74) is 0.204. The molecule has 14 heteroatoms. The van der Waals surface area contributed by atoms with E-state index in [4.69, 9.17) is 9.47 Å². The molecular formula is C28H23N3O11. The zero-order valence-corrected chi connectivity index (χ0v) is 21.8. The number of Topliss-reactive ketones (excluding diaryl/α,β-unsaturated/α-hetero) is 2. The SMILES string of the molecule is O=C(CCCC(=O)OCC(=O)c1ccc([N+](=O)[O-])cc1)Nc1ccc(C(=O)OCC(=O)c2cccc([N+](=O)[O-])c2)cc1. The maximum atomic E-state index is 12.2. The largest absolute Gasteiger partial charge is 0.457 e. The fraction of sp³-hybridized carbons (Fsp3) is 0.179. The van der Waals surface area contributed by atoms with Gasteiger partial charge in [0.2, 0.25) is 11.7 Å². The highest BCUT2D eigenvalue weighted by Gasteiger charge is 2.16. The number of ether oxygens (including phenoxy) is 2. The first-order chi connectivity index (χ1) is 20.0. The van der Waals surface area contributed by atoms with Crippen LogP contribution in [-0.4, -0.2) is 52.5 Å². The van der Waals surface area contributed by atoms with Crippen LogP contribution in [0.5, 0.6) is 0 Å². The van der Waals surface area contributed by atoms with Gasteiger partial charge in [0, 0.05) is 53.9 Å². The molecule has 1 N–H and O–H groups in total. The molecule has 216 valence electrons. The van der Waals surface area contributed by atoms with Gasteiger partial charge in [-0.15, -0.1) is 0 Å². The number of hydrogen-bond donors (Lipinski definition) is 1. The lowest BCUT2D eigenvalue weighted by Crippen LogP contribution is -2.16. The molecular weight excluding hydrogens is 554 g/mol. The second-order valence-corrected chi connectivity index (χ2v) is 8.67. The van der Waals surface area contributed by atoms with E-state index in [1.165, 1.54) is 66.7 Å². The summed E-state index contributed by atoms with van der Waals surface area (Å²) in [6.07, 6.45) is -0.0187. The molecule has 0 unspecified atom stereocenters. The number of hydrogen-bond acceptors (Lipinski definition) is 11. The summed E-state index contributed by atoms with van der Waals surface area (Å²) in [5, 5.41) is 24.1. The lowest BCUT2D eigenvalue weighted by Gasteiger charge is -2.08. The monoisotopic (exact) mass is 577 g/mol. The Labute approximate surface area is 237 Å². The molecule has 0 saturated heterocycles. The van der Waals surface area contributed by atoms with Crippen LogP contribution in [0, 0.1) is 20.2 Å². The van der Waals surface area contributed by atoms with E-state index < -0.39 is 52.5 Å². The van der Waals surface area contributed by atoms with Gasteiger partial charge in [0.1, 0.15) is 0 Å². The Morgan fingerprint density at radius 3 is 1.90 bits per heavy atom. The first-order valence-corrected chi connectivity index (χ1v) is 12.3. The molecule has 0 aromatic heterocycles. The minimum absolute atomic E-state index is 0.0269. The second kappa shape index (κ2) is 14.6. The van der Waals surface area contributed by atoms with E-state index in [2.05, 4.69) is 5.32 Å². The number of amides is 1. The van der Waals surface area contributed by atoms with Crippen molar-refractivity contribution in [1.29, 1.82) is 0 Å². The molecule has 14 nitrogen and oxygen atoms in total. The number of carbonyl (C=O) groups is 5. The highest BCUT2D eigenvalue weighted by molar-refractivity contribution is 6.00. The van der Waals surface area contributed by atoms with E-state index in [-0.39, 0.29) is 47.3 Å². The quantitative estimate of drug-likeness (QED) is 0.125. The van der Waals surface area contributed by atoms with Crippen molar-refractivity contribution in [3.63, 3.8) is 0 Å². The number of benzene rings is 3. The van der Waals surface area contributed by atoms with Crippen molar-refractivity contribution in [2.75, 3.05) is 18.5 Å². The minimum atomic E-state index is -0.808. The van der Waals surface area contributed by atoms with Crippen LogP contribution in [0.2, 0.25) is 0 Å². The smallest absolute Gasteiger partial charge is 0.338 e. The normalized spacial score (nSPS) is 10.3. The van der Waals surface area contributed by atoms with Gasteiger partial charge in [0.15, 0.2) is 19.0 Å². The summed E-state index contributed by atoms with van der Waals surface area (Å²) in [6.45, 7) is -1.16. The Bertz CT molecular complexity index is 1520. The van der Waals surface area contributed by atoms with Crippen molar-refractivity contribution in [2.24, 2.45) is 0 Å². The Morgan fingerprint density at radius 1 is 0.667 bits per heavy atom. The molecule has 0 bridgehead atoms. The molecule has 0 radical (unpaired) electrons. The lowest BCUT2D eigenvalue weighted by atomic mass is 10.1. The molecule has 42 heavy (non-hydrogen) atoms. The predicted octanol–water partition coefficient (Wildman–Crippen LogP) is 4.08. The van der Waals surface area contributed by atoms with E-state index in [1.54, 1.807) is 0 Å². The highest BCUT2D eigenvalue weighted by atomic mass is 16.6. The van der Waals surface area contributed by atoms with Crippen LogP contribution in [-0.2, 0) is 19.1 Å². The number of nitro benzene ring substituents is 2. The molecule has 0 spiro atoms. The van der Waals surface area contributed by atoms with Gasteiger partial charge in [-0.05, 0) is 42.8 Å². The molecule has 3 rings (SSSR count). The molecule has 3 aromatic rings. The number of ketones is 2. The minimum Gasteiger partial charge on any atom is -0.457 e. The van der Waals surface area contributed by atoms with Crippen LogP contribution in [0.3, 0.4) is 0 Å². The summed E-state index contributed by atoms with van der Waals surface area (Å²) in [4.78, 5) is 80.9. The van der Waals surface area contributed by atoms with Crippen molar-refractivity contribution < 1.29 is 43.3 Å². The zero-order chi connectivity index (χ0) is 30.6. The summed E-state index contributed by atoms with van der Waals surface area (Å²) in [7, 11) is 0. The predicted molar refractivity (Wildman–Crippen MR) is 145 cm³/mol. The van der Waals surface area contributed by atoms with E-state index in [1.807, 2.05) is 0 Å². The van der Waals surface area contributed by atoms with Gasteiger partial charge in [0.05, 0.1) is 15.4 Å². The van der Waals surface area contributed by atoms with Gasteiger partial charge >= 0.3 is 11.9 Å². The van der Waals surface area contributed by atoms with Crippen LogP contribution in [0.25, 0.3) is 0 Å². The second-order valence-electron chi connectivity index (χ2n) is 8.67. The third kappa shape index (κ3) is 9.15. The van der Waals surface area contributed by atoms with Crippen LogP contribution in [0.15, 0.2) is 72.8 Å². The zero-order valence-electron chi connectivity index (χ0n) is 21.8. The average Bonchev–Trinajstić information content (AvgIpc) is 2.98. The molecule has 0 heterocycles. The molecule has 0 saturated carbocycles. The number of esters is 2. The number of nitrogens with zero attached hydrogens (tertiary/aromatic N) is 2. The van der Waals surface area contributed by atoms with Crippen LogP contribution >= 0.6 is 0 Å². The summed E-state index contributed by atoms with van der Waals surface area (Å²) in [5.74, 6) is -3.06. The first kappa shape index (κ1) is 30.7. The van der Waals surface area contributed by atoms with Crippen molar-refractivity contribution in [2.45, 2.75) is 19.3 Å². The van der Waals surface area contributed by atoms with Crippen molar-refractivity contribution in [3.8, 4) is 0 Å². The van der Waals surface area contributed by atoms with Crippen LogP contribution < -0.4 is 5.32 Å². The first-order valence-electron chi connectivity index (χ1n) is 12.3. The van der Waals surface area contributed by atoms with Gasteiger partial charge in [0.25, 0.3) is 11.4 Å². The van der Waals surface area contributed by atoms with E-state index in [0.29, 0.717) is 5.69 Å². The van der Waals surface area contributed by atoms with Crippen LogP contribution in [0.4, 0.5) is 17.1 Å². The molecule has 0 aliphatic rings. The molecule has 1 amide bonds. The van der Waals surface area contributed by atoms with Gasteiger partial charge in [-0.1, -0.05) is 12.1 Å². The number of anilines is 1. The fourth-order valence-electron chi connectivity index (χ4n) is 3.47. The number of nitrogens with one attached hydrogen (secondary N) is 1. The highest BCUT2D eigenvalue weighted by Crippen LogP contribution is 2.16. The van der Waals surface area contributed by atoms with Gasteiger partial charge < -0.3 is 14.8 Å². The van der Waals surface area contributed by atoms with Crippen LogP contribution in [0.1, 0.15) is 50.3 Å². The van der Waals surface area contributed by atoms with E-state index in [9.17, 15) is 44.2 Å². The van der Waals surface area contributed by atoms with Crippen molar-refractivity contribution in [1.82, 2.24) is 0 Å². The fourth-order valence-corrected chi connectivity index (χ4v) is 3.47. The van der Waals surface area contributed by atoms with E-state index in [0.717, 1.165) is 6.07 Å². The molecule has 0 aliphatic carbocycles. The molecule has 0 aliphatic heterocycles. The lowest BCUT2D eigenvalue weighted by molar-refractivity contribution is -0.385. The number of non-ortho nitro benzene ring substituents is 2. The Kier molecular flexibility index (Phi) is 10.7. The third-order valence-electron chi connectivity index (χ3n) is 5.67. The number of rotatable bonds is 14. The van der Waals surface area contributed by atoms with E-state index >= 15 is 0 Å². The molecule has 3 aromatic carbocycles. The van der Waals surface area contributed by atoms with Gasteiger partial charge in [-0.3, -0.25) is 39.4 Å².